The molecule has 0 fully saturated rings. The molecule has 0 aliphatic carbocycles. The summed E-state index contributed by atoms with van der Waals surface area (Å²) < 4.78 is 14.8. The van der Waals surface area contributed by atoms with Gasteiger partial charge in [-0.1, -0.05) is 28.1 Å². The number of benzene rings is 2. The van der Waals surface area contributed by atoms with Crippen LogP contribution >= 0.6 is 15.9 Å². The molecule has 94 valence electrons. The molecule has 18 heavy (non-hydrogen) atoms. The van der Waals surface area contributed by atoms with E-state index < -0.39 is 0 Å². The molecular formula is C14H14BrFN2. The molecule has 0 unspecified atom stereocenters. The van der Waals surface area contributed by atoms with Crippen LogP contribution in [-0.4, -0.2) is 0 Å². The van der Waals surface area contributed by atoms with Gasteiger partial charge in [0.05, 0.1) is 5.69 Å². The van der Waals surface area contributed by atoms with Gasteiger partial charge in [0.2, 0.25) is 0 Å². The Balaban J connectivity index is 2.25. The van der Waals surface area contributed by atoms with Crippen molar-refractivity contribution in [2.24, 2.45) is 5.73 Å². The fourth-order valence-electron chi connectivity index (χ4n) is 1.61. The van der Waals surface area contributed by atoms with Gasteiger partial charge >= 0.3 is 0 Å². The van der Waals surface area contributed by atoms with Gasteiger partial charge < -0.3 is 11.1 Å². The molecule has 2 aromatic rings. The van der Waals surface area contributed by atoms with Crippen molar-refractivity contribution in [3.8, 4) is 0 Å². The molecule has 0 atom stereocenters. The monoisotopic (exact) mass is 308 g/mol. The van der Waals surface area contributed by atoms with E-state index in [1.54, 1.807) is 6.07 Å². The number of nitrogens with one attached hydrogen (secondary N) is 1. The van der Waals surface area contributed by atoms with E-state index in [1.165, 1.54) is 6.07 Å². The molecular weight excluding hydrogens is 295 g/mol. The summed E-state index contributed by atoms with van der Waals surface area (Å²) in [6.07, 6.45) is 0. The van der Waals surface area contributed by atoms with Crippen molar-refractivity contribution in [3.63, 3.8) is 0 Å². The Labute approximate surface area is 114 Å². The number of hydrogen-bond donors (Lipinski definition) is 2. The van der Waals surface area contributed by atoms with Gasteiger partial charge in [-0.3, -0.25) is 0 Å². The van der Waals surface area contributed by atoms with E-state index in [-0.39, 0.29) is 5.82 Å². The average Bonchev–Trinajstić information content (AvgIpc) is 2.36. The normalized spacial score (nSPS) is 10.4. The van der Waals surface area contributed by atoms with Gasteiger partial charge in [-0.05, 0) is 42.3 Å². The Hall–Kier alpha value is -1.39. The van der Waals surface area contributed by atoms with Gasteiger partial charge in [0.25, 0.3) is 0 Å². The van der Waals surface area contributed by atoms with E-state index in [4.69, 9.17) is 5.73 Å². The molecule has 2 nitrogen and oxygen atoms in total. The third-order valence-corrected chi connectivity index (χ3v) is 3.57. The Kier molecular flexibility index (Phi) is 3.99. The molecule has 0 bridgehead atoms. The molecule has 0 heterocycles. The third-order valence-electron chi connectivity index (χ3n) is 2.72. The van der Waals surface area contributed by atoms with E-state index in [1.807, 2.05) is 31.2 Å². The number of hydrogen-bond acceptors (Lipinski definition) is 2. The number of halogens is 2. The Bertz CT molecular complexity index is 570. The van der Waals surface area contributed by atoms with E-state index in [0.717, 1.165) is 21.3 Å². The van der Waals surface area contributed by atoms with Crippen LogP contribution in [0.2, 0.25) is 0 Å². The smallest absolute Gasteiger partial charge is 0.146 e. The second kappa shape index (κ2) is 5.50. The van der Waals surface area contributed by atoms with Crippen molar-refractivity contribution < 1.29 is 4.39 Å². The number of rotatable bonds is 3. The van der Waals surface area contributed by atoms with Gasteiger partial charge in [-0.15, -0.1) is 0 Å². The van der Waals surface area contributed by atoms with Gasteiger partial charge in [0, 0.05) is 16.7 Å². The zero-order valence-electron chi connectivity index (χ0n) is 10.0. The zero-order chi connectivity index (χ0) is 13.1. The number of anilines is 2. The summed E-state index contributed by atoms with van der Waals surface area (Å²) in [6.45, 7) is 2.35. The lowest BCUT2D eigenvalue weighted by atomic mass is 10.2. The highest BCUT2D eigenvalue weighted by Crippen LogP contribution is 2.25. The summed E-state index contributed by atoms with van der Waals surface area (Å²) in [5, 5.41) is 3.05. The fourth-order valence-corrected chi connectivity index (χ4v) is 1.99. The summed E-state index contributed by atoms with van der Waals surface area (Å²) in [7, 11) is 0. The van der Waals surface area contributed by atoms with E-state index in [2.05, 4.69) is 21.2 Å². The van der Waals surface area contributed by atoms with Crippen LogP contribution in [0.25, 0.3) is 0 Å². The number of nitrogens with two attached hydrogens (primary N) is 1. The first-order valence-electron chi connectivity index (χ1n) is 5.62. The molecule has 2 aromatic carbocycles. The van der Waals surface area contributed by atoms with Crippen molar-refractivity contribution in [2.75, 3.05) is 5.32 Å². The van der Waals surface area contributed by atoms with Crippen molar-refractivity contribution in [1.82, 2.24) is 0 Å². The van der Waals surface area contributed by atoms with Crippen LogP contribution in [-0.2, 0) is 6.54 Å². The number of aryl methyl sites for hydroxylation is 1. The van der Waals surface area contributed by atoms with Crippen LogP contribution in [0.5, 0.6) is 0 Å². The first-order valence-corrected chi connectivity index (χ1v) is 6.41. The lowest BCUT2D eigenvalue weighted by molar-refractivity contribution is 0.629. The van der Waals surface area contributed by atoms with Gasteiger partial charge in [0.15, 0.2) is 0 Å². The highest BCUT2D eigenvalue weighted by atomic mass is 79.9. The first kappa shape index (κ1) is 13.1. The minimum atomic E-state index is -0.297. The molecule has 0 amide bonds. The Morgan fingerprint density at radius 1 is 1.22 bits per heavy atom. The minimum Gasteiger partial charge on any atom is -0.353 e. The largest absolute Gasteiger partial charge is 0.353 e. The lowest BCUT2D eigenvalue weighted by Crippen LogP contribution is -1.99. The predicted octanol–water partition coefficient (Wildman–Crippen LogP) is 4.10. The molecule has 0 saturated heterocycles. The summed E-state index contributed by atoms with van der Waals surface area (Å²) in [6, 6.07) is 10.8. The van der Waals surface area contributed by atoms with Crippen molar-refractivity contribution in [3.05, 3.63) is 57.8 Å². The average molecular weight is 309 g/mol. The van der Waals surface area contributed by atoms with Crippen molar-refractivity contribution in [2.45, 2.75) is 13.5 Å². The zero-order valence-corrected chi connectivity index (χ0v) is 11.6. The predicted molar refractivity (Wildman–Crippen MR) is 76.5 cm³/mol. The maximum Gasteiger partial charge on any atom is 0.146 e. The summed E-state index contributed by atoms with van der Waals surface area (Å²) >= 11 is 3.45. The lowest BCUT2D eigenvalue weighted by Gasteiger charge is -2.10. The van der Waals surface area contributed by atoms with Crippen LogP contribution in [0.4, 0.5) is 15.8 Å². The van der Waals surface area contributed by atoms with Gasteiger partial charge in [-0.25, -0.2) is 4.39 Å². The molecule has 0 spiro atoms. The highest BCUT2D eigenvalue weighted by molar-refractivity contribution is 9.10. The first-order chi connectivity index (χ1) is 8.60. The highest BCUT2D eigenvalue weighted by Gasteiger charge is 2.04. The Morgan fingerprint density at radius 2 is 2.00 bits per heavy atom. The van der Waals surface area contributed by atoms with Crippen LogP contribution in [0, 0.1) is 12.7 Å². The molecule has 0 aliphatic heterocycles. The Morgan fingerprint density at radius 3 is 2.61 bits per heavy atom. The maximum atomic E-state index is 13.8. The second-order valence-electron chi connectivity index (χ2n) is 4.11. The van der Waals surface area contributed by atoms with Crippen molar-refractivity contribution in [1.29, 1.82) is 0 Å². The molecule has 3 N–H and O–H groups in total. The topological polar surface area (TPSA) is 38.0 Å². The van der Waals surface area contributed by atoms with Gasteiger partial charge in [-0.2, -0.15) is 0 Å². The quantitative estimate of drug-likeness (QED) is 0.896. The van der Waals surface area contributed by atoms with Crippen molar-refractivity contribution >= 4 is 27.3 Å². The molecule has 0 saturated carbocycles. The third kappa shape index (κ3) is 2.89. The van der Waals surface area contributed by atoms with E-state index in [9.17, 15) is 4.39 Å². The minimum absolute atomic E-state index is 0.297. The summed E-state index contributed by atoms with van der Waals surface area (Å²) in [5.41, 5.74) is 8.67. The van der Waals surface area contributed by atoms with Crippen LogP contribution < -0.4 is 11.1 Å². The molecule has 2 rings (SSSR count). The molecule has 0 radical (unpaired) electrons. The molecule has 4 heteroatoms. The summed E-state index contributed by atoms with van der Waals surface area (Å²) in [5.74, 6) is -0.297. The maximum absolute atomic E-state index is 13.8. The second-order valence-corrected chi connectivity index (χ2v) is 4.96. The molecule has 0 aliphatic rings. The van der Waals surface area contributed by atoms with Crippen LogP contribution in [0.3, 0.4) is 0 Å². The van der Waals surface area contributed by atoms with E-state index >= 15 is 0 Å². The van der Waals surface area contributed by atoms with Crippen LogP contribution in [0.1, 0.15) is 11.1 Å². The molecule has 0 aromatic heterocycles. The SMILES string of the molecule is Cc1ccc(Nc2ccc(CN)cc2F)cc1Br. The fraction of sp³-hybridized carbons (Fsp3) is 0.143. The van der Waals surface area contributed by atoms with Crippen LogP contribution in [0.15, 0.2) is 40.9 Å². The summed E-state index contributed by atoms with van der Waals surface area (Å²) in [4.78, 5) is 0. The van der Waals surface area contributed by atoms with E-state index in [0.29, 0.717) is 12.2 Å². The van der Waals surface area contributed by atoms with Gasteiger partial charge in [0.1, 0.15) is 5.82 Å². The standard InChI is InChI=1S/C14H14BrFN2/c1-9-2-4-11(7-12(9)15)18-14-5-3-10(8-17)6-13(14)16/h2-7,18H,8,17H2,1H3.